The number of rotatable bonds is 5. The van der Waals surface area contributed by atoms with Crippen LogP contribution in [0.3, 0.4) is 0 Å². The number of hydrogen-bond donors (Lipinski definition) is 0. The van der Waals surface area contributed by atoms with Crippen molar-refractivity contribution in [1.29, 1.82) is 0 Å². The quantitative estimate of drug-likeness (QED) is 0.419. The van der Waals surface area contributed by atoms with Gasteiger partial charge < -0.3 is 4.13 Å². The van der Waals surface area contributed by atoms with E-state index >= 15 is 0 Å². The van der Waals surface area contributed by atoms with Crippen molar-refractivity contribution in [3.63, 3.8) is 0 Å². The molecule has 0 aliphatic rings. The predicted molar refractivity (Wildman–Crippen MR) is 97.3 cm³/mol. The molecular weight excluding hydrogens is 532 g/mol. The second-order valence-electron chi connectivity index (χ2n) is 5.45. The molecule has 0 unspecified atom stereocenters. The summed E-state index contributed by atoms with van der Waals surface area (Å²) >= 11 is 3.43. The maximum absolute atomic E-state index is 11.4. The summed E-state index contributed by atoms with van der Waals surface area (Å²) in [7, 11) is -13.4. The first-order valence-corrected chi connectivity index (χ1v) is 11.4. The van der Waals surface area contributed by atoms with E-state index < -0.39 is 31.1 Å². The molecule has 0 radical (unpaired) electrons. The molecule has 170 valence electrons. The van der Waals surface area contributed by atoms with Crippen LogP contribution in [-0.4, -0.2) is 32.4 Å². The van der Waals surface area contributed by atoms with Crippen molar-refractivity contribution in [3.05, 3.63) is 51.6 Å². The molecule has 0 saturated carbocycles. The van der Waals surface area contributed by atoms with E-state index in [9.17, 15) is 43.2 Å². The van der Waals surface area contributed by atoms with Gasteiger partial charge in [0.25, 0.3) is 0 Å². The van der Waals surface area contributed by atoms with E-state index in [-0.39, 0.29) is 0 Å². The Morgan fingerprint density at radius 2 is 1.43 bits per heavy atom. The Kier molecular flexibility index (Phi) is 8.49. The summed E-state index contributed by atoms with van der Waals surface area (Å²) in [4.78, 5) is 0. The van der Waals surface area contributed by atoms with Crippen molar-refractivity contribution in [1.82, 2.24) is 4.57 Å². The highest BCUT2D eigenvalue weighted by molar-refractivity contribution is 9.10. The summed E-state index contributed by atoms with van der Waals surface area (Å²) in [6.07, 6.45) is 7.46. The van der Waals surface area contributed by atoms with Crippen molar-refractivity contribution in [2.75, 3.05) is 0 Å². The van der Waals surface area contributed by atoms with Gasteiger partial charge in [-0.1, -0.05) is 22.9 Å². The summed E-state index contributed by atoms with van der Waals surface area (Å²) in [5.74, 6) is 0. The largest absolute Gasteiger partial charge is 0.480 e. The minimum atomic E-state index is -6.72. The van der Waals surface area contributed by atoms with Gasteiger partial charge in [0.2, 0.25) is 6.33 Å². The van der Waals surface area contributed by atoms with Gasteiger partial charge in [0.05, 0.1) is 6.54 Å². The molecule has 2 aromatic rings. The number of halogens is 7. The molecule has 0 aliphatic carbocycles. The topological polar surface area (TPSA) is 91.2 Å². The predicted octanol–water partition coefficient (Wildman–Crippen LogP) is 4.00. The monoisotopic (exact) mass is 545 g/mol. The van der Waals surface area contributed by atoms with Crippen LogP contribution in [0.15, 0.2) is 47.5 Å². The van der Waals surface area contributed by atoms with Crippen LogP contribution in [-0.2, 0) is 26.6 Å². The highest BCUT2D eigenvalue weighted by atomic mass is 79.9. The molecule has 1 aromatic carbocycles. The standard InChI is InChI=1S/C12H14BrN2.C2F6NO4S2/c1-2-7-14-8-9-15(10-14)12-5-3-11(13)4-6-12;3-1(4,5)14(10,11)9-15(12,13)2(6,7)8/h3-6,8-10H,2,7H2,1H3;/q+1;-1. The first kappa shape index (κ1) is 26.4. The van der Waals surface area contributed by atoms with E-state index in [1.54, 1.807) is 0 Å². The smallest absolute Gasteiger partial charge is 0.421 e. The second kappa shape index (κ2) is 9.65. The molecule has 0 N–H and O–H groups in total. The Bertz CT molecular complexity index is 1010. The zero-order valence-electron chi connectivity index (χ0n) is 14.9. The summed E-state index contributed by atoms with van der Waals surface area (Å²) in [6, 6.07) is 8.31. The van der Waals surface area contributed by atoms with Crippen LogP contribution in [0.1, 0.15) is 13.3 Å². The average molecular weight is 546 g/mol. The summed E-state index contributed by atoms with van der Waals surface area (Å²) < 4.78 is 115. The molecular formula is C14H14BrF6N3O4S2. The van der Waals surface area contributed by atoms with Crippen LogP contribution in [0, 0.1) is 0 Å². The molecule has 0 atom stereocenters. The lowest BCUT2D eigenvalue weighted by molar-refractivity contribution is -0.696. The molecule has 0 bridgehead atoms. The third kappa shape index (κ3) is 7.24. The lowest BCUT2D eigenvalue weighted by Crippen LogP contribution is -2.30. The number of benzene rings is 1. The maximum Gasteiger partial charge on any atom is 0.480 e. The van der Waals surface area contributed by atoms with Gasteiger partial charge in [0.15, 0.2) is 20.0 Å². The number of aryl methyl sites for hydroxylation is 1. The van der Waals surface area contributed by atoms with Gasteiger partial charge in [0, 0.05) is 4.47 Å². The summed E-state index contributed by atoms with van der Waals surface area (Å²) in [6.45, 7) is 3.26. The Balaban J connectivity index is 0.000000300. The highest BCUT2D eigenvalue weighted by Crippen LogP contribution is 2.36. The third-order valence-corrected chi connectivity index (χ3v) is 6.35. The van der Waals surface area contributed by atoms with Gasteiger partial charge in [-0.3, -0.25) is 0 Å². The van der Waals surface area contributed by atoms with Crippen molar-refractivity contribution < 1.29 is 47.7 Å². The van der Waals surface area contributed by atoms with E-state index in [0.717, 1.165) is 21.6 Å². The van der Waals surface area contributed by atoms with E-state index in [0.29, 0.717) is 0 Å². The minimum absolute atomic E-state index is 0.778. The zero-order valence-corrected chi connectivity index (χ0v) is 18.1. The van der Waals surface area contributed by atoms with Crippen molar-refractivity contribution in [2.24, 2.45) is 0 Å². The van der Waals surface area contributed by atoms with Crippen molar-refractivity contribution in [2.45, 2.75) is 30.9 Å². The van der Waals surface area contributed by atoms with E-state index in [1.165, 1.54) is 5.69 Å². The molecule has 0 aliphatic heterocycles. The van der Waals surface area contributed by atoms with Crippen LogP contribution in [0.4, 0.5) is 26.3 Å². The molecule has 0 spiro atoms. The van der Waals surface area contributed by atoms with Crippen LogP contribution in [0.2, 0.25) is 0 Å². The molecule has 2 rings (SSSR count). The van der Waals surface area contributed by atoms with E-state index in [4.69, 9.17) is 0 Å². The average Bonchev–Trinajstić information content (AvgIpc) is 3.02. The number of alkyl halides is 6. The Labute approximate surface area is 176 Å². The van der Waals surface area contributed by atoms with Gasteiger partial charge in [-0.15, -0.1) is 0 Å². The van der Waals surface area contributed by atoms with Gasteiger partial charge in [0.1, 0.15) is 18.1 Å². The first-order valence-electron chi connectivity index (χ1n) is 7.70. The molecule has 7 nitrogen and oxygen atoms in total. The minimum Gasteiger partial charge on any atom is -0.421 e. The number of hydrogen-bond acceptors (Lipinski definition) is 4. The second-order valence-corrected chi connectivity index (χ2v) is 9.79. The Morgan fingerprint density at radius 1 is 0.967 bits per heavy atom. The molecule has 16 heteroatoms. The zero-order chi connectivity index (χ0) is 23.4. The lowest BCUT2D eigenvalue weighted by atomic mass is 10.3. The fraction of sp³-hybridized carbons (Fsp3) is 0.357. The first-order chi connectivity index (χ1) is 13.5. The molecule has 30 heavy (non-hydrogen) atoms. The number of imidazole rings is 1. The fourth-order valence-electron chi connectivity index (χ4n) is 1.76. The normalized spacial score (nSPS) is 12.9. The van der Waals surface area contributed by atoms with Crippen molar-refractivity contribution in [3.8, 4) is 5.69 Å². The fourth-order valence-corrected chi connectivity index (χ4v) is 3.74. The van der Waals surface area contributed by atoms with Gasteiger partial charge in [-0.05, 0) is 30.7 Å². The molecule has 0 fully saturated rings. The molecule has 1 heterocycles. The maximum atomic E-state index is 11.4. The van der Waals surface area contributed by atoms with E-state index in [2.05, 4.69) is 75.0 Å². The summed E-state index contributed by atoms with van der Waals surface area (Å²) in [5, 5.41) is 0. The Morgan fingerprint density at radius 3 is 1.83 bits per heavy atom. The van der Waals surface area contributed by atoms with Crippen LogP contribution < -0.4 is 4.57 Å². The molecule has 1 aromatic heterocycles. The molecule has 0 saturated heterocycles. The van der Waals surface area contributed by atoms with Crippen LogP contribution in [0.5, 0.6) is 0 Å². The highest BCUT2D eigenvalue weighted by Gasteiger charge is 2.46. The molecule has 0 amide bonds. The van der Waals surface area contributed by atoms with Crippen molar-refractivity contribution >= 4 is 36.0 Å². The Hall–Kier alpha value is -1.65. The number of aromatic nitrogens is 2. The van der Waals surface area contributed by atoms with Gasteiger partial charge >= 0.3 is 11.0 Å². The number of sulfonamides is 2. The third-order valence-electron chi connectivity index (χ3n) is 3.08. The van der Waals surface area contributed by atoms with Crippen LogP contribution in [0.25, 0.3) is 9.81 Å². The lowest BCUT2D eigenvalue weighted by Gasteiger charge is -2.22. The van der Waals surface area contributed by atoms with E-state index in [1.807, 2.05) is 0 Å². The summed E-state index contributed by atoms with van der Waals surface area (Å²) in [5.41, 5.74) is -11.2. The van der Waals surface area contributed by atoms with Crippen LogP contribution >= 0.6 is 15.9 Å². The van der Waals surface area contributed by atoms with Gasteiger partial charge in [-0.25, -0.2) is 26.0 Å². The SMILES string of the molecule is CCC[n+]1ccn(-c2ccc(Br)cc2)c1.O=S(=O)([N-]S(=O)(=O)C(F)(F)F)C(F)(F)F. The number of nitrogens with zero attached hydrogens (tertiary/aromatic N) is 3. The van der Waals surface area contributed by atoms with Gasteiger partial charge in [-0.2, -0.15) is 26.3 Å².